The van der Waals surface area contributed by atoms with E-state index in [4.69, 9.17) is 19.3 Å². The molecule has 0 aliphatic heterocycles. The van der Waals surface area contributed by atoms with Gasteiger partial charge in [-0.05, 0) is 54.3 Å². The Labute approximate surface area is 164 Å². The summed E-state index contributed by atoms with van der Waals surface area (Å²) in [5, 5.41) is 20.8. The zero-order valence-corrected chi connectivity index (χ0v) is 16.1. The topological polar surface area (TPSA) is 97.3 Å². The number of hydrogen-bond acceptors (Lipinski definition) is 6. The SMILES string of the molecule is COc1ccc(NC(=O)O[C@H](c2ccc(OCCO)cc2)[C@@H](C)CCO)cc1. The molecule has 0 heterocycles. The van der Waals surface area contributed by atoms with Crippen LogP contribution in [0.2, 0.25) is 0 Å². The molecule has 0 aromatic heterocycles. The lowest BCUT2D eigenvalue weighted by Gasteiger charge is -2.24. The van der Waals surface area contributed by atoms with Crippen LogP contribution in [0, 0.1) is 5.92 Å². The highest BCUT2D eigenvalue weighted by Crippen LogP contribution is 2.30. The molecule has 28 heavy (non-hydrogen) atoms. The van der Waals surface area contributed by atoms with Gasteiger partial charge in [-0.15, -0.1) is 0 Å². The first-order chi connectivity index (χ1) is 13.6. The van der Waals surface area contributed by atoms with Crippen molar-refractivity contribution in [3.8, 4) is 11.5 Å². The Balaban J connectivity index is 2.07. The summed E-state index contributed by atoms with van der Waals surface area (Å²) >= 11 is 0. The van der Waals surface area contributed by atoms with Gasteiger partial charge in [0.25, 0.3) is 0 Å². The largest absolute Gasteiger partial charge is 0.497 e. The van der Waals surface area contributed by atoms with E-state index >= 15 is 0 Å². The van der Waals surface area contributed by atoms with Gasteiger partial charge in [-0.3, -0.25) is 5.32 Å². The van der Waals surface area contributed by atoms with Gasteiger partial charge in [0, 0.05) is 12.3 Å². The van der Waals surface area contributed by atoms with Gasteiger partial charge >= 0.3 is 6.09 Å². The van der Waals surface area contributed by atoms with Gasteiger partial charge in [0.15, 0.2) is 0 Å². The van der Waals surface area contributed by atoms with Crippen molar-refractivity contribution >= 4 is 11.8 Å². The zero-order valence-electron chi connectivity index (χ0n) is 16.1. The molecular formula is C21H27NO6. The Morgan fingerprint density at radius 1 is 1.00 bits per heavy atom. The normalized spacial score (nSPS) is 12.7. The van der Waals surface area contributed by atoms with Crippen molar-refractivity contribution in [2.45, 2.75) is 19.4 Å². The third kappa shape index (κ3) is 6.44. The molecule has 0 spiro atoms. The van der Waals surface area contributed by atoms with Crippen LogP contribution in [0.1, 0.15) is 25.0 Å². The molecule has 2 atom stereocenters. The lowest BCUT2D eigenvalue weighted by molar-refractivity contribution is 0.0667. The van der Waals surface area contributed by atoms with Crippen molar-refractivity contribution in [3.05, 3.63) is 54.1 Å². The number of carbonyl (C=O) groups is 1. The highest BCUT2D eigenvalue weighted by Gasteiger charge is 2.23. The molecule has 0 radical (unpaired) electrons. The number of anilines is 1. The fourth-order valence-electron chi connectivity index (χ4n) is 2.72. The van der Waals surface area contributed by atoms with Gasteiger partial charge in [-0.25, -0.2) is 4.79 Å². The molecule has 0 unspecified atom stereocenters. The third-order valence-electron chi connectivity index (χ3n) is 4.24. The molecule has 0 saturated carbocycles. The molecule has 2 aromatic carbocycles. The van der Waals surface area contributed by atoms with Crippen molar-refractivity contribution in [1.82, 2.24) is 0 Å². The third-order valence-corrected chi connectivity index (χ3v) is 4.24. The van der Waals surface area contributed by atoms with Gasteiger partial charge in [0.1, 0.15) is 24.2 Å². The van der Waals surface area contributed by atoms with E-state index in [9.17, 15) is 9.90 Å². The van der Waals surface area contributed by atoms with E-state index in [-0.39, 0.29) is 25.7 Å². The van der Waals surface area contributed by atoms with E-state index in [1.165, 1.54) is 0 Å². The molecule has 1 amide bonds. The smallest absolute Gasteiger partial charge is 0.412 e. The van der Waals surface area contributed by atoms with Crippen molar-refractivity contribution in [2.24, 2.45) is 5.92 Å². The Hall–Kier alpha value is -2.77. The van der Waals surface area contributed by atoms with Gasteiger partial charge in [0.2, 0.25) is 0 Å². The molecule has 7 nitrogen and oxygen atoms in total. The van der Waals surface area contributed by atoms with Gasteiger partial charge in [0.05, 0.1) is 13.7 Å². The zero-order chi connectivity index (χ0) is 20.4. The number of benzene rings is 2. The fourth-order valence-corrected chi connectivity index (χ4v) is 2.72. The van der Waals surface area contributed by atoms with E-state index in [1.807, 2.05) is 19.1 Å². The van der Waals surface area contributed by atoms with E-state index < -0.39 is 12.2 Å². The number of amides is 1. The number of methoxy groups -OCH3 is 1. The number of rotatable bonds is 10. The van der Waals surface area contributed by atoms with Crippen LogP contribution in [0.15, 0.2) is 48.5 Å². The molecule has 0 bridgehead atoms. The van der Waals surface area contributed by atoms with Gasteiger partial charge in [-0.2, -0.15) is 0 Å². The van der Waals surface area contributed by atoms with Crippen LogP contribution in [0.5, 0.6) is 11.5 Å². The second-order valence-corrected chi connectivity index (χ2v) is 6.31. The fraction of sp³-hybridized carbons (Fsp3) is 0.381. The van der Waals surface area contributed by atoms with Crippen LogP contribution in [0.3, 0.4) is 0 Å². The van der Waals surface area contributed by atoms with E-state index in [0.29, 0.717) is 23.6 Å². The van der Waals surface area contributed by atoms with Gasteiger partial charge in [-0.1, -0.05) is 19.1 Å². The maximum atomic E-state index is 12.4. The molecule has 2 aromatic rings. The van der Waals surface area contributed by atoms with E-state index in [2.05, 4.69) is 5.32 Å². The second-order valence-electron chi connectivity index (χ2n) is 6.31. The molecule has 7 heteroatoms. The molecular weight excluding hydrogens is 362 g/mol. The predicted molar refractivity (Wildman–Crippen MR) is 106 cm³/mol. The van der Waals surface area contributed by atoms with Crippen molar-refractivity contribution < 1.29 is 29.2 Å². The van der Waals surface area contributed by atoms with Gasteiger partial charge < -0.3 is 24.4 Å². The number of ether oxygens (including phenoxy) is 3. The summed E-state index contributed by atoms with van der Waals surface area (Å²) in [4.78, 5) is 12.4. The summed E-state index contributed by atoms with van der Waals surface area (Å²) in [6.45, 7) is 2.06. The van der Waals surface area contributed by atoms with Crippen LogP contribution in [-0.2, 0) is 4.74 Å². The van der Waals surface area contributed by atoms with E-state index in [1.54, 1.807) is 43.5 Å². The Morgan fingerprint density at radius 3 is 2.21 bits per heavy atom. The summed E-state index contributed by atoms with van der Waals surface area (Å²) in [5.41, 5.74) is 1.38. The lowest BCUT2D eigenvalue weighted by atomic mass is 9.94. The first-order valence-corrected chi connectivity index (χ1v) is 9.13. The molecule has 3 N–H and O–H groups in total. The average molecular weight is 389 g/mol. The number of aliphatic hydroxyl groups excluding tert-OH is 2. The molecule has 0 fully saturated rings. The minimum atomic E-state index is -0.583. The lowest BCUT2D eigenvalue weighted by Crippen LogP contribution is -2.22. The highest BCUT2D eigenvalue weighted by atomic mass is 16.6. The van der Waals surface area contributed by atoms with E-state index in [0.717, 1.165) is 5.56 Å². The minimum Gasteiger partial charge on any atom is -0.497 e. The van der Waals surface area contributed by atoms with Crippen LogP contribution in [0.4, 0.5) is 10.5 Å². The summed E-state index contributed by atoms with van der Waals surface area (Å²) < 4.78 is 16.1. The minimum absolute atomic E-state index is 0.00117. The number of aliphatic hydroxyl groups is 2. The van der Waals surface area contributed by atoms with Crippen molar-refractivity contribution in [2.75, 3.05) is 32.2 Å². The molecule has 0 aliphatic rings. The molecule has 0 saturated heterocycles. The van der Waals surface area contributed by atoms with Crippen LogP contribution in [0.25, 0.3) is 0 Å². The Morgan fingerprint density at radius 2 is 1.64 bits per heavy atom. The maximum Gasteiger partial charge on any atom is 0.412 e. The second kappa shape index (κ2) is 11.2. The quantitative estimate of drug-likeness (QED) is 0.576. The monoisotopic (exact) mass is 389 g/mol. The van der Waals surface area contributed by atoms with Crippen LogP contribution in [-0.4, -0.2) is 43.2 Å². The number of hydrogen-bond donors (Lipinski definition) is 3. The first-order valence-electron chi connectivity index (χ1n) is 9.13. The average Bonchev–Trinajstić information content (AvgIpc) is 2.71. The molecule has 152 valence electrons. The summed E-state index contributed by atoms with van der Waals surface area (Å²) in [6.07, 6.45) is -0.624. The number of carbonyl (C=O) groups excluding carboxylic acids is 1. The standard InChI is InChI=1S/C21H27NO6/c1-15(11-12-23)20(16-3-7-19(8-4-16)27-14-13-24)28-21(25)22-17-5-9-18(26-2)10-6-17/h3-10,15,20,23-24H,11-14H2,1-2H3,(H,22,25)/t15-,20-/m0/s1. The Kier molecular flexibility index (Phi) is 8.58. The first kappa shape index (κ1) is 21.5. The molecule has 2 rings (SSSR count). The van der Waals surface area contributed by atoms with Crippen LogP contribution >= 0.6 is 0 Å². The predicted octanol–water partition coefficient (Wildman–Crippen LogP) is 3.37. The summed E-state index contributed by atoms with van der Waals surface area (Å²) in [7, 11) is 1.57. The summed E-state index contributed by atoms with van der Waals surface area (Å²) in [5.74, 6) is 1.22. The summed E-state index contributed by atoms with van der Waals surface area (Å²) in [6, 6.07) is 14.1. The van der Waals surface area contributed by atoms with Crippen molar-refractivity contribution in [3.63, 3.8) is 0 Å². The van der Waals surface area contributed by atoms with Crippen LogP contribution < -0.4 is 14.8 Å². The maximum absolute atomic E-state index is 12.4. The van der Waals surface area contributed by atoms with Crippen molar-refractivity contribution in [1.29, 1.82) is 0 Å². The molecule has 0 aliphatic carbocycles. The Bertz CT molecular complexity index is 717. The number of nitrogens with one attached hydrogen (secondary N) is 1. The highest BCUT2D eigenvalue weighted by molar-refractivity contribution is 5.84.